The van der Waals surface area contributed by atoms with E-state index in [2.05, 4.69) is 52.6 Å². The van der Waals surface area contributed by atoms with Crippen LogP contribution < -0.4 is 20.1 Å². The second-order valence-electron chi connectivity index (χ2n) is 6.49. The Balaban J connectivity index is 0.00000420. The molecule has 1 aromatic carbocycles. The van der Waals surface area contributed by atoms with Crippen molar-refractivity contribution in [3.63, 3.8) is 0 Å². The third-order valence-electron chi connectivity index (χ3n) is 4.35. The molecule has 7 nitrogen and oxygen atoms in total. The Kier molecular flexibility index (Phi) is 11.4. The van der Waals surface area contributed by atoms with Crippen LogP contribution in [-0.2, 0) is 6.54 Å². The van der Waals surface area contributed by atoms with Gasteiger partial charge >= 0.3 is 0 Å². The molecular formula is C21H32IN5O2. The summed E-state index contributed by atoms with van der Waals surface area (Å²) in [6.07, 6.45) is 1.78. The number of rotatable bonds is 9. The lowest BCUT2D eigenvalue weighted by molar-refractivity contribution is 0.295. The molecule has 0 amide bonds. The van der Waals surface area contributed by atoms with Gasteiger partial charge < -0.3 is 25.0 Å². The van der Waals surface area contributed by atoms with Crippen LogP contribution in [-0.4, -0.2) is 57.2 Å². The second kappa shape index (κ2) is 13.2. The molecule has 0 saturated heterocycles. The number of hydrogen-bond acceptors (Lipinski definition) is 5. The molecule has 1 unspecified atom stereocenters. The van der Waals surface area contributed by atoms with E-state index >= 15 is 0 Å². The van der Waals surface area contributed by atoms with Gasteiger partial charge in [0.15, 0.2) is 17.5 Å². The first kappa shape index (κ1) is 25.0. The largest absolute Gasteiger partial charge is 0.493 e. The molecule has 0 aliphatic rings. The van der Waals surface area contributed by atoms with Gasteiger partial charge in [-0.15, -0.1) is 24.0 Å². The van der Waals surface area contributed by atoms with Crippen molar-refractivity contribution < 1.29 is 9.47 Å². The van der Waals surface area contributed by atoms with Crippen molar-refractivity contribution in [2.45, 2.75) is 19.5 Å². The highest BCUT2D eigenvalue weighted by atomic mass is 127. The monoisotopic (exact) mass is 513 g/mol. The zero-order valence-corrected chi connectivity index (χ0v) is 20.1. The Labute approximate surface area is 190 Å². The lowest BCUT2D eigenvalue weighted by atomic mass is 10.1. The number of aromatic nitrogens is 1. The van der Waals surface area contributed by atoms with E-state index in [0.29, 0.717) is 13.1 Å². The van der Waals surface area contributed by atoms with Crippen LogP contribution in [0, 0.1) is 0 Å². The Bertz CT molecular complexity index is 756. The fourth-order valence-electron chi connectivity index (χ4n) is 2.85. The maximum absolute atomic E-state index is 5.45. The number of guanidine groups is 1. The molecule has 0 fully saturated rings. The number of ether oxygens (including phenoxy) is 2. The number of nitrogens with zero attached hydrogens (tertiary/aromatic N) is 3. The third-order valence-corrected chi connectivity index (χ3v) is 4.35. The average molecular weight is 513 g/mol. The number of benzene rings is 1. The van der Waals surface area contributed by atoms with E-state index in [4.69, 9.17) is 9.47 Å². The predicted octanol–water partition coefficient (Wildman–Crippen LogP) is 3.07. The smallest absolute Gasteiger partial charge is 0.191 e. The minimum Gasteiger partial charge on any atom is -0.493 e. The minimum absolute atomic E-state index is 0. The molecule has 0 bridgehead atoms. The maximum Gasteiger partial charge on any atom is 0.191 e. The Morgan fingerprint density at radius 3 is 2.45 bits per heavy atom. The van der Waals surface area contributed by atoms with Crippen molar-refractivity contribution in [3.05, 3.63) is 53.9 Å². The molecule has 2 aromatic rings. The average Bonchev–Trinajstić information content (AvgIpc) is 2.72. The van der Waals surface area contributed by atoms with Crippen LogP contribution in [0.3, 0.4) is 0 Å². The van der Waals surface area contributed by atoms with Gasteiger partial charge in [-0.3, -0.25) is 4.98 Å². The first-order chi connectivity index (χ1) is 13.6. The van der Waals surface area contributed by atoms with Gasteiger partial charge in [0.25, 0.3) is 0 Å². The van der Waals surface area contributed by atoms with Crippen molar-refractivity contribution in [2.75, 3.05) is 41.4 Å². The minimum atomic E-state index is 0. The molecule has 160 valence electrons. The van der Waals surface area contributed by atoms with E-state index in [0.717, 1.165) is 35.3 Å². The summed E-state index contributed by atoms with van der Waals surface area (Å²) < 4.78 is 10.8. The molecule has 29 heavy (non-hydrogen) atoms. The van der Waals surface area contributed by atoms with Crippen molar-refractivity contribution >= 4 is 29.9 Å². The first-order valence-electron chi connectivity index (χ1n) is 9.39. The molecule has 0 aliphatic heterocycles. The van der Waals surface area contributed by atoms with Crippen LogP contribution in [0.25, 0.3) is 0 Å². The van der Waals surface area contributed by atoms with Gasteiger partial charge in [-0.2, -0.15) is 0 Å². The summed E-state index contributed by atoms with van der Waals surface area (Å²) in [6.45, 7) is 4.06. The number of likely N-dealkylation sites (N-methyl/N-ethyl adjacent to an activating group) is 1. The van der Waals surface area contributed by atoms with Crippen LogP contribution in [0.15, 0.2) is 47.6 Å². The van der Waals surface area contributed by atoms with E-state index in [1.54, 1.807) is 20.4 Å². The highest BCUT2D eigenvalue weighted by Gasteiger charge is 2.17. The molecule has 0 spiro atoms. The van der Waals surface area contributed by atoms with Gasteiger partial charge in [-0.25, -0.2) is 4.99 Å². The molecule has 0 saturated carbocycles. The number of methoxy groups -OCH3 is 2. The summed E-state index contributed by atoms with van der Waals surface area (Å²) in [4.78, 5) is 11.1. The molecular weight excluding hydrogens is 481 g/mol. The Morgan fingerprint density at radius 2 is 1.86 bits per heavy atom. The SMILES string of the molecule is CCNC(=NCc1ccccn1)NCC(c1ccc(OC)c(OC)c1)N(C)C.I. The zero-order valence-electron chi connectivity index (χ0n) is 17.8. The van der Waals surface area contributed by atoms with Gasteiger partial charge in [0.05, 0.1) is 32.5 Å². The quantitative estimate of drug-likeness (QED) is 0.305. The van der Waals surface area contributed by atoms with Gasteiger partial charge in [0.1, 0.15) is 0 Å². The van der Waals surface area contributed by atoms with Crippen molar-refractivity contribution in [2.24, 2.45) is 4.99 Å². The number of aliphatic imine (C=N–C) groups is 1. The standard InChI is InChI=1S/C21H31N5O2.HI/c1-6-22-21(24-14-17-9-7-8-12-23-17)25-15-18(26(2)3)16-10-11-19(27-4)20(13-16)28-5;/h7-13,18H,6,14-15H2,1-5H3,(H2,22,24,25);1H. The second-order valence-corrected chi connectivity index (χ2v) is 6.49. The fraction of sp³-hybridized carbons (Fsp3) is 0.429. The molecule has 0 radical (unpaired) electrons. The lowest BCUT2D eigenvalue weighted by Gasteiger charge is -2.26. The summed E-state index contributed by atoms with van der Waals surface area (Å²) in [7, 11) is 7.41. The van der Waals surface area contributed by atoms with E-state index in [1.165, 1.54) is 0 Å². The van der Waals surface area contributed by atoms with Gasteiger partial charge in [0, 0.05) is 19.3 Å². The van der Waals surface area contributed by atoms with Crippen LogP contribution in [0.4, 0.5) is 0 Å². The highest BCUT2D eigenvalue weighted by Crippen LogP contribution is 2.31. The van der Waals surface area contributed by atoms with E-state index in [9.17, 15) is 0 Å². The molecule has 1 atom stereocenters. The van der Waals surface area contributed by atoms with Gasteiger partial charge in [0.2, 0.25) is 0 Å². The topological polar surface area (TPSA) is 71.0 Å². The first-order valence-corrected chi connectivity index (χ1v) is 9.39. The Hall–Kier alpha value is -2.07. The predicted molar refractivity (Wildman–Crippen MR) is 128 cm³/mol. The highest BCUT2D eigenvalue weighted by molar-refractivity contribution is 14.0. The summed E-state index contributed by atoms with van der Waals surface area (Å²) in [5, 5.41) is 6.72. The normalized spacial score (nSPS) is 12.1. The fourth-order valence-corrected chi connectivity index (χ4v) is 2.85. The Morgan fingerprint density at radius 1 is 1.10 bits per heavy atom. The molecule has 1 aromatic heterocycles. The summed E-state index contributed by atoms with van der Waals surface area (Å²) >= 11 is 0. The number of nitrogens with one attached hydrogen (secondary N) is 2. The molecule has 2 N–H and O–H groups in total. The number of pyridine rings is 1. The number of halogens is 1. The molecule has 2 rings (SSSR count). The van der Waals surface area contributed by atoms with Crippen molar-refractivity contribution in [1.29, 1.82) is 0 Å². The summed E-state index contributed by atoms with van der Waals surface area (Å²) in [5.41, 5.74) is 2.07. The summed E-state index contributed by atoms with van der Waals surface area (Å²) in [6, 6.07) is 12.0. The van der Waals surface area contributed by atoms with Gasteiger partial charge in [-0.05, 0) is 50.8 Å². The van der Waals surface area contributed by atoms with Crippen molar-refractivity contribution in [1.82, 2.24) is 20.5 Å². The van der Waals surface area contributed by atoms with E-state index in [-0.39, 0.29) is 30.0 Å². The molecule has 1 heterocycles. The zero-order chi connectivity index (χ0) is 20.4. The van der Waals surface area contributed by atoms with E-state index < -0.39 is 0 Å². The molecule has 0 aliphatic carbocycles. The van der Waals surface area contributed by atoms with Crippen LogP contribution in [0.1, 0.15) is 24.2 Å². The van der Waals surface area contributed by atoms with Crippen LogP contribution in [0.5, 0.6) is 11.5 Å². The van der Waals surface area contributed by atoms with Gasteiger partial charge in [-0.1, -0.05) is 12.1 Å². The van der Waals surface area contributed by atoms with Crippen LogP contribution >= 0.6 is 24.0 Å². The number of hydrogen-bond donors (Lipinski definition) is 2. The van der Waals surface area contributed by atoms with E-state index in [1.807, 2.05) is 30.3 Å². The lowest BCUT2D eigenvalue weighted by Crippen LogP contribution is -2.41. The summed E-state index contributed by atoms with van der Waals surface area (Å²) in [5.74, 6) is 2.21. The molecule has 8 heteroatoms. The maximum atomic E-state index is 5.45. The van der Waals surface area contributed by atoms with Crippen LogP contribution in [0.2, 0.25) is 0 Å². The third kappa shape index (κ3) is 7.69. The van der Waals surface area contributed by atoms with Crippen molar-refractivity contribution in [3.8, 4) is 11.5 Å².